The average Bonchev–Trinajstić information content (AvgIpc) is 3.79. The van der Waals surface area contributed by atoms with Crippen molar-refractivity contribution in [1.29, 1.82) is 0 Å². The number of nitrogens with one attached hydrogen (secondary N) is 2. The van der Waals surface area contributed by atoms with E-state index in [4.69, 9.17) is 4.74 Å². The molecule has 12 heteroatoms. The number of hydrogen-bond donors (Lipinski definition) is 4. The molecule has 234 valence electrons. The van der Waals surface area contributed by atoms with Crippen LogP contribution >= 0.6 is 0 Å². The molecule has 0 aliphatic carbocycles. The van der Waals surface area contributed by atoms with Gasteiger partial charge in [-0.15, -0.1) is 5.10 Å². The monoisotopic (exact) mass is 618 g/mol. The van der Waals surface area contributed by atoms with Gasteiger partial charge in [0.1, 0.15) is 0 Å². The lowest BCUT2D eigenvalue weighted by Gasteiger charge is -2.32. The molecule has 4 heterocycles. The second kappa shape index (κ2) is 11.8. The third-order valence-corrected chi connectivity index (χ3v) is 12.2. The Morgan fingerprint density at radius 1 is 1.25 bits per heavy atom. The van der Waals surface area contributed by atoms with Crippen molar-refractivity contribution in [3.05, 3.63) is 71.5 Å². The number of likely N-dealkylation sites (N-methyl/N-ethyl adjacent to an activating group) is 1. The summed E-state index contributed by atoms with van der Waals surface area (Å²) in [5, 5.41) is 25.0. The Hall–Kier alpha value is -3.42. The van der Waals surface area contributed by atoms with Gasteiger partial charge < -0.3 is 30.2 Å². The fourth-order valence-corrected chi connectivity index (χ4v) is 10.2. The van der Waals surface area contributed by atoms with E-state index >= 15 is 0 Å². The molecule has 4 N–H and O–H groups in total. The number of hydrogen-bond acceptors (Lipinski definition) is 8. The molecule has 2 fully saturated rings. The van der Waals surface area contributed by atoms with Crippen molar-refractivity contribution in [1.82, 2.24) is 20.3 Å². The highest BCUT2D eigenvalue weighted by atomic mass is 28.4. The molecular weight excluding hydrogens is 576 g/mol. The number of ether oxygens (including phenoxy) is 1. The van der Waals surface area contributed by atoms with Gasteiger partial charge in [-0.3, -0.25) is 14.3 Å². The van der Waals surface area contributed by atoms with Gasteiger partial charge in [-0.2, -0.15) is 0 Å². The quantitative estimate of drug-likeness (QED) is 0.268. The summed E-state index contributed by atoms with van der Waals surface area (Å²) in [4.78, 5) is 40.1. The molecule has 0 saturated carbocycles. The van der Waals surface area contributed by atoms with Gasteiger partial charge in [-0.25, -0.2) is 0 Å². The number of benzene rings is 2. The van der Waals surface area contributed by atoms with Crippen LogP contribution in [0.25, 0.3) is 0 Å². The molecule has 3 aliphatic rings. The maximum absolute atomic E-state index is 14.1. The summed E-state index contributed by atoms with van der Waals surface area (Å²) in [5.74, 6) is -0.837. The van der Waals surface area contributed by atoms with E-state index in [1.807, 2.05) is 74.7 Å². The first kappa shape index (κ1) is 30.6. The van der Waals surface area contributed by atoms with Crippen LogP contribution in [0.4, 0.5) is 11.4 Å². The van der Waals surface area contributed by atoms with Crippen molar-refractivity contribution in [2.45, 2.75) is 75.0 Å². The molecule has 3 aromatic rings. The Morgan fingerprint density at radius 2 is 2.02 bits per heavy atom. The number of anilines is 2. The zero-order valence-electron chi connectivity index (χ0n) is 25.7. The van der Waals surface area contributed by atoms with Crippen molar-refractivity contribution in [3.8, 4) is 0 Å². The lowest BCUT2D eigenvalue weighted by Crippen LogP contribution is -2.45. The van der Waals surface area contributed by atoms with E-state index < -0.39 is 20.0 Å². The molecule has 1 aromatic heterocycles. The van der Waals surface area contributed by atoms with E-state index in [9.17, 15) is 19.5 Å². The largest absolute Gasteiger partial charge is 0.432 e. The SMILES string of the molecule is C[C@H]1[C@H]([Si](C)(C)O)[C@@H](CCn2cc(C(CO)c3ccccc3)nn2)O[C@]12C(=O)N(C)c1ccc(NC(=O)[C@H]3CCCN3)cc12. The van der Waals surface area contributed by atoms with E-state index in [-0.39, 0.29) is 41.8 Å². The number of aryl methyl sites for hydroxylation is 1. The van der Waals surface area contributed by atoms with Crippen LogP contribution < -0.4 is 15.5 Å². The van der Waals surface area contributed by atoms with Crippen molar-refractivity contribution < 1.29 is 24.2 Å². The van der Waals surface area contributed by atoms with E-state index in [0.717, 1.165) is 36.2 Å². The molecule has 2 amide bonds. The van der Waals surface area contributed by atoms with E-state index in [0.29, 0.717) is 24.3 Å². The topological polar surface area (TPSA) is 142 Å². The van der Waals surface area contributed by atoms with Crippen molar-refractivity contribution >= 4 is 31.5 Å². The van der Waals surface area contributed by atoms with Crippen LogP contribution in [0.3, 0.4) is 0 Å². The predicted octanol–water partition coefficient (Wildman–Crippen LogP) is 2.96. The third kappa shape index (κ3) is 5.28. The Balaban J connectivity index is 1.26. The normalized spacial score (nSPS) is 27.2. The number of amides is 2. The number of carbonyl (C=O) groups excluding carboxylic acids is 2. The minimum atomic E-state index is -2.83. The number of rotatable bonds is 9. The van der Waals surface area contributed by atoms with Crippen LogP contribution in [0.2, 0.25) is 18.6 Å². The molecule has 1 spiro atoms. The number of aliphatic hydroxyl groups excluding tert-OH is 1. The van der Waals surface area contributed by atoms with Gasteiger partial charge in [-0.1, -0.05) is 42.5 Å². The minimum Gasteiger partial charge on any atom is -0.432 e. The molecule has 6 rings (SSSR count). The summed E-state index contributed by atoms with van der Waals surface area (Å²) in [7, 11) is -1.08. The molecule has 2 aromatic carbocycles. The first-order valence-electron chi connectivity index (χ1n) is 15.5. The first-order chi connectivity index (χ1) is 21.0. The van der Waals surface area contributed by atoms with Crippen LogP contribution in [-0.4, -0.2) is 77.4 Å². The van der Waals surface area contributed by atoms with Crippen LogP contribution in [0.1, 0.15) is 48.9 Å². The molecule has 0 radical (unpaired) electrons. The van der Waals surface area contributed by atoms with E-state index in [1.54, 1.807) is 16.6 Å². The third-order valence-electron chi connectivity index (χ3n) is 9.70. The summed E-state index contributed by atoms with van der Waals surface area (Å²) in [6, 6.07) is 15.0. The number of nitrogens with zero attached hydrogens (tertiary/aromatic N) is 4. The zero-order valence-corrected chi connectivity index (χ0v) is 26.7. The van der Waals surface area contributed by atoms with Gasteiger partial charge in [0.25, 0.3) is 5.91 Å². The van der Waals surface area contributed by atoms with Crippen LogP contribution in [0, 0.1) is 5.92 Å². The molecular formula is C32H42N6O5Si. The zero-order chi connectivity index (χ0) is 31.2. The Morgan fingerprint density at radius 3 is 2.70 bits per heavy atom. The Kier molecular flexibility index (Phi) is 8.22. The van der Waals surface area contributed by atoms with Gasteiger partial charge in [0, 0.05) is 42.5 Å². The maximum atomic E-state index is 14.1. The smallest absolute Gasteiger partial charge is 0.264 e. The highest BCUT2D eigenvalue weighted by Crippen LogP contribution is 2.59. The average molecular weight is 619 g/mol. The molecule has 3 aliphatic heterocycles. The molecule has 1 unspecified atom stereocenters. The Bertz CT molecular complexity index is 1520. The summed E-state index contributed by atoms with van der Waals surface area (Å²) in [6.07, 6.45) is 3.71. The summed E-state index contributed by atoms with van der Waals surface area (Å²) < 4.78 is 8.59. The second-order valence-electron chi connectivity index (χ2n) is 12.9. The predicted molar refractivity (Wildman–Crippen MR) is 169 cm³/mol. The molecule has 0 bridgehead atoms. The lowest BCUT2D eigenvalue weighted by atomic mass is 9.82. The van der Waals surface area contributed by atoms with Crippen LogP contribution in [-0.2, 0) is 26.5 Å². The van der Waals surface area contributed by atoms with Gasteiger partial charge >= 0.3 is 0 Å². The highest BCUT2D eigenvalue weighted by molar-refractivity contribution is 6.71. The summed E-state index contributed by atoms with van der Waals surface area (Å²) in [5.41, 5.74) is 2.21. The van der Waals surface area contributed by atoms with Gasteiger partial charge in [-0.05, 0) is 62.7 Å². The first-order valence-corrected chi connectivity index (χ1v) is 18.5. The van der Waals surface area contributed by atoms with Gasteiger partial charge in [0.05, 0.1) is 36.1 Å². The maximum Gasteiger partial charge on any atom is 0.264 e. The highest BCUT2D eigenvalue weighted by Gasteiger charge is 2.65. The van der Waals surface area contributed by atoms with Crippen LogP contribution in [0.15, 0.2) is 54.7 Å². The van der Waals surface area contributed by atoms with E-state index in [2.05, 4.69) is 20.9 Å². The molecule has 11 nitrogen and oxygen atoms in total. The lowest BCUT2D eigenvalue weighted by molar-refractivity contribution is -0.145. The Labute approximate surface area is 258 Å². The molecule has 6 atom stereocenters. The second-order valence-corrected chi connectivity index (χ2v) is 16.9. The fourth-order valence-electron chi connectivity index (χ4n) is 7.57. The molecule has 44 heavy (non-hydrogen) atoms. The van der Waals surface area contributed by atoms with Crippen molar-refractivity contribution in [3.63, 3.8) is 0 Å². The standard InChI is InChI=1S/C32H42N6O5Si/c1-20-29(44(3,4)42)28(14-16-38-18-26(35-36-38)23(19-39)21-9-6-5-7-10-21)43-32(20)24-17-22(12-13-27(24)37(2)31(32)41)34-30(40)25-11-8-15-33-25/h5-7,9-10,12-13,17-18,20,23,25,28-29,33,39,42H,8,11,14-16,19H2,1-4H3,(H,34,40)/t20-,23?,25+,28+,29-,32+/m0/s1. The van der Waals surface area contributed by atoms with Crippen molar-refractivity contribution in [2.75, 3.05) is 30.4 Å². The summed E-state index contributed by atoms with van der Waals surface area (Å²) >= 11 is 0. The van der Waals surface area contributed by atoms with E-state index in [1.165, 1.54) is 0 Å². The number of aliphatic hydroxyl groups is 1. The number of carbonyl (C=O) groups is 2. The van der Waals surface area contributed by atoms with Crippen LogP contribution in [0.5, 0.6) is 0 Å². The summed E-state index contributed by atoms with van der Waals surface area (Å²) in [6.45, 7) is 7.01. The molecule has 2 saturated heterocycles. The number of fused-ring (bicyclic) bond motifs is 2. The number of aromatic nitrogens is 3. The van der Waals surface area contributed by atoms with Gasteiger partial charge in [0.2, 0.25) is 5.91 Å². The van der Waals surface area contributed by atoms with Gasteiger partial charge in [0.15, 0.2) is 13.9 Å². The fraction of sp³-hybridized carbons (Fsp3) is 0.500. The van der Waals surface area contributed by atoms with Crippen molar-refractivity contribution in [2.24, 2.45) is 5.92 Å². The minimum absolute atomic E-state index is 0.0860.